The first-order valence-corrected chi connectivity index (χ1v) is 5.72. The molecule has 4 nitrogen and oxygen atoms in total. The number of hydrogen-bond donors (Lipinski definition) is 1. The first kappa shape index (κ1) is 13.7. The molecule has 0 fully saturated rings. The van der Waals surface area contributed by atoms with Crippen molar-refractivity contribution >= 4 is 0 Å². The van der Waals surface area contributed by atoms with E-state index < -0.39 is 11.7 Å². The van der Waals surface area contributed by atoms with Gasteiger partial charge in [0, 0.05) is 11.8 Å². The molecule has 0 aromatic carbocycles. The SMILES string of the molecule is CNCc1cc(Cn2cc(C(F)(F)F)cn2)c(C)o1. The van der Waals surface area contributed by atoms with Crippen LogP contribution < -0.4 is 5.32 Å². The molecule has 0 amide bonds. The van der Waals surface area contributed by atoms with Gasteiger partial charge in [-0.05, 0) is 20.0 Å². The minimum atomic E-state index is -4.36. The minimum absolute atomic E-state index is 0.259. The third-order valence-corrected chi connectivity index (χ3v) is 2.72. The Morgan fingerprint density at radius 2 is 2.16 bits per heavy atom. The molecule has 0 spiro atoms. The molecule has 2 aromatic heterocycles. The Hall–Kier alpha value is -1.76. The van der Waals surface area contributed by atoms with Crippen LogP contribution in [0.4, 0.5) is 13.2 Å². The Morgan fingerprint density at radius 3 is 2.74 bits per heavy atom. The van der Waals surface area contributed by atoms with Crippen molar-refractivity contribution in [2.45, 2.75) is 26.2 Å². The van der Waals surface area contributed by atoms with Crippen molar-refractivity contribution in [3.8, 4) is 0 Å². The molecule has 0 aliphatic carbocycles. The maximum atomic E-state index is 12.4. The monoisotopic (exact) mass is 273 g/mol. The van der Waals surface area contributed by atoms with E-state index in [0.29, 0.717) is 12.3 Å². The lowest BCUT2D eigenvalue weighted by Crippen LogP contribution is -2.04. The Kier molecular flexibility index (Phi) is 3.66. The highest BCUT2D eigenvalue weighted by Crippen LogP contribution is 2.28. The number of aryl methyl sites for hydroxylation is 1. The number of nitrogens with one attached hydrogen (secondary N) is 1. The zero-order valence-electron chi connectivity index (χ0n) is 10.6. The van der Waals surface area contributed by atoms with E-state index in [1.165, 1.54) is 4.68 Å². The molecular formula is C12H14F3N3O. The quantitative estimate of drug-likeness (QED) is 0.931. The number of rotatable bonds is 4. The fourth-order valence-electron chi connectivity index (χ4n) is 1.78. The van der Waals surface area contributed by atoms with Gasteiger partial charge in [-0.2, -0.15) is 18.3 Å². The lowest BCUT2D eigenvalue weighted by atomic mass is 10.2. The van der Waals surface area contributed by atoms with Crippen LogP contribution in [0.15, 0.2) is 22.9 Å². The topological polar surface area (TPSA) is 43.0 Å². The van der Waals surface area contributed by atoms with Crippen LogP contribution in [0.3, 0.4) is 0 Å². The van der Waals surface area contributed by atoms with Gasteiger partial charge in [0.15, 0.2) is 0 Å². The second kappa shape index (κ2) is 5.08. The highest BCUT2D eigenvalue weighted by molar-refractivity contribution is 5.21. The van der Waals surface area contributed by atoms with Crippen LogP contribution in [-0.4, -0.2) is 16.8 Å². The molecule has 2 rings (SSSR count). The van der Waals surface area contributed by atoms with Crippen LogP contribution in [0, 0.1) is 6.92 Å². The number of alkyl halides is 3. The fraction of sp³-hybridized carbons (Fsp3) is 0.417. The summed E-state index contributed by atoms with van der Waals surface area (Å²) in [5.41, 5.74) is 0.0752. The average Bonchev–Trinajstić information content (AvgIpc) is 2.87. The molecule has 0 radical (unpaired) electrons. The maximum Gasteiger partial charge on any atom is 0.419 e. The molecular weight excluding hydrogens is 259 g/mol. The first-order valence-electron chi connectivity index (χ1n) is 5.72. The van der Waals surface area contributed by atoms with Crippen molar-refractivity contribution in [2.24, 2.45) is 0 Å². The van der Waals surface area contributed by atoms with Gasteiger partial charge in [0.1, 0.15) is 11.5 Å². The van der Waals surface area contributed by atoms with Gasteiger partial charge in [0.05, 0.1) is 24.8 Å². The van der Waals surface area contributed by atoms with Gasteiger partial charge in [-0.1, -0.05) is 0 Å². The summed E-state index contributed by atoms with van der Waals surface area (Å²) in [7, 11) is 1.79. The van der Waals surface area contributed by atoms with Crippen molar-refractivity contribution in [2.75, 3.05) is 7.05 Å². The van der Waals surface area contributed by atoms with Crippen molar-refractivity contribution in [1.82, 2.24) is 15.1 Å². The van der Waals surface area contributed by atoms with E-state index >= 15 is 0 Å². The van der Waals surface area contributed by atoms with Crippen LogP contribution >= 0.6 is 0 Å². The van der Waals surface area contributed by atoms with Crippen molar-refractivity contribution in [3.63, 3.8) is 0 Å². The molecule has 0 aliphatic heterocycles. The van der Waals surface area contributed by atoms with Crippen LogP contribution in [0.25, 0.3) is 0 Å². The molecule has 2 aromatic rings. The van der Waals surface area contributed by atoms with Crippen molar-refractivity contribution in [3.05, 3.63) is 41.1 Å². The summed E-state index contributed by atoms with van der Waals surface area (Å²) in [6, 6.07) is 1.82. The fourth-order valence-corrected chi connectivity index (χ4v) is 1.78. The number of halogens is 3. The Bertz CT molecular complexity index is 557. The number of hydrogen-bond acceptors (Lipinski definition) is 3. The molecule has 7 heteroatoms. The number of furan rings is 1. The zero-order chi connectivity index (χ0) is 14.0. The average molecular weight is 273 g/mol. The molecule has 0 saturated carbocycles. The first-order chi connectivity index (χ1) is 8.90. The molecule has 2 heterocycles. The van der Waals surface area contributed by atoms with E-state index in [2.05, 4.69) is 10.4 Å². The Balaban J connectivity index is 2.15. The third kappa shape index (κ3) is 3.17. The second-order valence-corrected chi connectivity index (χ2v) is 4.25. The summed E-state index contributed by atoms with van der Waals surface area (Å²) >= 11 is 0. The van der Waals surface area contributed by atoms with Crippen LogP contribution in [0.5, 0.6) is 0 Å². The van der Waals surface area contributed by atoms with Gasteiger partial charge in [-0.3, -0.25) is 4.68 Å². The second-order valence-electron chi connectivity index (χ2n) is 4.25. The molecule has 19 heavy (non-hydrogen) atoms. The molecule has 1 N–H and O–H groups in total. The van der Waals surface area contributed by atoms with Gasteiger partial charge in [0.2, 0.25) is 0 Å². The predicted molar refractivity (Wildman–Crippen MR) is 62.5 cm³/mol. The molecule has 0 saturated heterocycles. The van der Waals surface area contributed by atoms with Gasteiger partial charge in [0.25, 0.3) is 0 Å². The lowest BCUT2D eigenvalue weighted by Gasteiger charge is -2.01. The van der Waals surface area contributed by atoms with E-state index in [0.717, 1.165) is 23.7 Å². The zero-order valence-corrected chi connectivity index (χ0v) is 10.6. The van der Waals surface area contributed by atoms with E-state index in [1.807, 2.05) is 6.07 Å². The smallest absolute Gasteiger partial charge is 0.419 e. The van der Waals surface area contributed by atoms with Gasteiger partial charge in [-0.15, -0.1) is 0 Å². The van der Waals surface area contributed by atoms with Crippen LogP contribution in [-0.2, 0) is 19.3 Å². The Morgan fingerprint density at radius 1 is 1.42 bits per heavy atom. The van der Waals surface area contributed by atoms with E-state index in [9.17, 15) is 13.2 Å². The standard InChI is InChI=1S/C12H14F3N3O/c1-8-9(3-11(19-8)5-16-2)6-18-7-10(4-17-18)12(13,14)15/h3-4,7,16H,5-6H2,1-2H3. The van der Waals surface area contributed by atoms with E-state index in [4.69, 9.17) is 4.42 Å². The number of aromatic nitrogens is 2. The van der Waals surface area contributed by atoms with E-state index in [1.54, 1.807) is 14.0 Å². The molecule has 104 valence electrons. The van der Waals surface area contributed by atoms with Gasteiger partial charge >= 0.3 is 6.18 Å². The third-order valence-electron chi connectivity index (χ3n) is 2.72. The van der Waals surface area contributed by atoms with Gasteiger partial charge < -0.3 is 9.73 Å². The highest BCUT2D eigenvalue weighted by Gasteiger charge is 2.32. The van der Waals surface area contributed by atoms with Crippen LogP contribution in [0.1, 0.15) is 22.6 Å². The van der Waals surface area contributed by atoms with Crippen LogP contribution in [0.2, 0.25) is 0 Å². The molecule has 0 unspecified atom stereocenters. The summed E-state index contributed by atoms with van der Waals surface area (Å²) in [6.07, 6.45) is -2.55. The summed E-state index contributed by atoms with van der Waals surface area (Å²) in [6.45, 7) is 2.62. The Labute approximate surface area is 108 Å². The van der Waals surface area contributed by atoms with E-state index in [-0.39, 0.29) is 6.54 Å². The maximum absolute atomic E-state index is 12.4. The summed E-state index contributed by atoms with van der Waals surface area (Å²) < 4.78 is 44.1. The summed E-state index contributed by atoms with van der Waals surface area (Å²) in [5.74, 6) is 1.44. The lowest BCUT2D eigenvalue weighted by molar-refractivity contribution is -0.137. The van der Waals surface area contributed by atoms with Crippen molar-refractivity contribution < 1.29 is 17.6 Å². The molecule has 0 bridgehead atoms. The largest absolute Gasteiger partial charge is 0.465 e. The van der Waals surface area contributed by atoms with Crippen molar-refractivity contribution in [1.29, 1.82) is 0 Å². The predicted octanol–water partition coefficient (Wildman–Crippen LogP) is 2.57. The summed E-state index contributed by atoms with van der Waals surface area (Å²) in [4.78, 5) is 0. The summed E-state index contributed by atoms with van der Waals surface area (Å²) in [5, 5.41) is 6.66. The normalized spacial score (nSPS) is 12.1. The number of nitrogens with zero attached hydrogens (tertiary/aromatic N) is 2. The van der Waals surface area contributed by atoms with Gasteiger partial charge in [-0.25, -0.2) is 0 Å². The molecule has 0 atom stereocenters. The molecule has 0 aliphatic rings. The minimum Gasteiger partial charge on any atom is -0.465 e. The highest BCUT2D eigenvalue weighted by atomic mass is 19.4.